The van der Waals surface area contributed by atoms with Gasteiger partial charge in [-0.25, -0.2) is 4.98 Å². The molecular formula is C13H13N3S. The van der Waals surface area contributed by atoms with E-state index in [0.29, 0.717) is 5.13 Å². The molecule has 0 radical (unpaired) electrons. The highest BCUT2D eigenvalue weighted by atomic mass is 32.1. The number of aromatic nitrogens is 2. The largest absolute Gasteiger partial charge is 0.375 e. The highest BCUT2D eigenvalue weighted by molar-refractivity contribution is 7.13. The number of fused-ring (bicyclic) bond motifs is 1. The monoisotopic (exact) mass is 243 g/mol. The Labute approximate surface area is 103 Å². The van der Waals surface area contributed by atoms with Gasteiger partial charge in [-0.1, -0.05) is 12.1 Å². The van der Waals surface area contributed by atoms with Crippen LogP contribution in [0.5, 0.6) is 0 Å². The second kappa shape index (κ2) is 3.60. The molecule has 0 aliphatic heterocycles. The van der Waals surface area contributed by atoms with E-state index in [1.54, 1.807) is 0 Å². The fourth-order valence-electron chi connectivity index (χ4n) is 2.18. The summed E-state index contributed by atoms with van der Waals surface area (Å²) >= 11 is 1.48. The van der Waals surface area contributed by atoms with Crippen LogP contribution in [-0.2, 0) is 0 Å². The lowest BCUT2D eigenvalue weighted by atomic mass is 10.1. The summed E-state index contributed by atoms with van der Waals surface area (Å²) in [4.78, 5) is 7.76. The molecule has 3 rings (SSSR count). The van der Waals surface area contributed by atoms with Gasteiger partial charge in [-0.3, -0.25) is 0 Å². The molecule has 0 aliphatic carbocycles. The maximum Gasteiger partial charge on any atom is 0.180 e. The number of rotatable bonds is 1. The molecule has 3 nitrogen and oxygen atoms in total. The maximum atomic E-state index is 5.70. The summed E-state index contributed by atoms with van der Waals surface area (Å²) in [6.07, 6.45) is 0. The summed E-state index contributed by atoms with van der Waals surface area (Å²) in [7, 11) is 0. The first-order valence-corrected chi connectivity index (χ1v) is 6.33. The van der Waals surface area contributed by atoms with E-state index in [9.17, 15) is 0 Å². The van der Waals surface area contributed by atoms with Crippen LogP contribution in [0.2, 0.25) is 0 Å². The van der Waals surface area contributed by atoms with Crippen molar-refractivity contribution in [1.29, 1.82) is 0 Å². The van der Waals surface area contributed by atoms with E-state index in [0.717, 1.165) is 22.5 Å². The highest BCUT2D eigenvalue weighted by Gasteiger charge is 2.12. The Morgan fingerprint density at radius 2 is 2.12 bits per heavy atom. The van der Waals surface area contributed by atoms with Gasteiger partial charge < -0.3 is 10.7 Å². The maximum absolute atomic E-state index is 5.70. The second-order valence-electron chi connectivity index (χ2n) is 4.25. The van der Waals surface area contributed by atoms with Gasteiger partial charge in [0.05, 0.1) is 5.69 Å². The van der Waals surface area contributed by atoms with Gasteiger partial charge in [0, 0.05) is 27.5 Å². The summed E-state index contributed by atoms with van der Waals surface area (Å²) in [5.74, 6) is 0. The molecule has 0 unspecified atom stereocenters. The predicted molar refractivity (Wildman–Crippen MR) is 73.3 cm³/mol. The average Bonchev–Trinajstić information content (AvgIpc) is 2.80. The summed E-state index contributed by atoms with van der Waals surface area (Å²) in [6, 6.07) is 6.41. The van der Waals surface area contributed by atoms with Crippen molar-refractivity contribution in [2.75, 3.05) is 5.73 Å². The number of hydrogen-bond donors (Lipinski definition) is 2. The minimum Gasteiger partial charge on any atom is -0.375 e. The van der Waals surface area contributed by atoms with Crippen molar-refractivity contribution in [3.8, 4) is 11.3 Å². The van der Waals surface area contributed by atoms with Crippen molar-refractivity contribution in [2.45, 2.75) is 13.8 Å². The van der Waals surface area contributed by atoms with Crippen molar-refractivity contribution in [3.05, 3.63) is 34.8 Å². The van der Waals surface area contributed by atoms with Gasteiger partial charge in [-0.15, -0.1) is 11.3 Å². The topological polar surface area (TPSA) is 54.7 Å². The summed E-state index contributed by atoms with van der Waals surface area (Å²) < 4.78 is 0. The molecule has 3 aromatic rings. The van der Waals surface area contributed by atoms with E-state index in [1.165, 1.54) is 22.3 Å². The predicted octanol–water partition coefficient (Wildman–Crippen LogP) is 3.49. The zero-order valence-corrected chi connectivity index (χ0v) is 10.6. The summed E-state index contributed by atoms with van der Waals surface area (Å²) in [5, 5.41) is 3.82. The van der Waals surface area contributed by atoms with Gasteiger partial charge in [-0.2, -0.15) is 0 Å². The van der Waals surface area contributed by atoms with Gasteiger partial charge in [0.2, 0.25) is 0 Å². The van der Waals surface area contributed by atoms with E-state index in [1.807, 2.05) is 5.38 Å². The number of anilines is 1. The molecule has 0 atom stereocenters. The molecule has 2 heterocycles. The Bertz CT molecular complexity index is 694. The van der Waals surface area contributed by atoms with Crippen LogP contribution in [-0.4, -0.2) is 9.97 Å². The quantitative estimate of drug-likeness (QED) is 0.687. The van der Waals surface area contributed by atoms with Gasteiger partial charge >= 0.3 is 0 Å². The average molecular weight is 243 g/mol. The number of aromatic amines is 1. The molecule has 0 bridgehead atoms. The minimum absolute atomic E-state index is 0.612. The van der Waals surface area contributed by atoms with E-state index in [-0.39, 0.29) is 0 Å². The Hall–Kier alpha value is -1.81. The Kier molecular flexibility index (Phi) is 2.19. The molecule has 2 aromatic heterocycles. The Balaban J connectivity index is 2.32. The minimum atomic E-state index is 0.612. The number of aryl methyl sites for hydroxylation is 2. The van der Waals surface area contributed by atoms with Crippen LogP contribution < -0.4 is 5.73 Å². The molecule has 0 fully saturated rings. The van der Waals surface area contributed by atoms with Crippen LogP contribution in [0.25, 0.3) is 22.2 Å². The summed E-state index contributed by atoms with van der Waals surface area (Å²) in [6.45, 7) is 4.16. The Morgan fingerprint density at radius 1 is 1.29 bits per heavy atom. The molecule has 0 saturated heterocycles. The zero-order valence-electron chi connectivity index (χ0n) is 9.74. The van der Waals surface area contributed by atoms with E-state index in [2.05, 4.69) is 42.0 Å². The van der Waals surface area contributed by atoms with E-state index in [4.69, 9.17) is 5.73 Å². The first-order valence-electron chi connectivity index (χ1n) is 5.45. The van der Waals surface area contributed by atoms with Crippen molar-refractivity contribution in [2.24, 2.45) is 0 Å². The third-order valence-corrected chi connectivity index (χ3v) is 3.59. The zero-order chi connectivity index (χ0) is 12.0. The second-order valence-corrected chi connectivity index (χ2v) is 5.13. The molecular weight excluding hydrogens is 230 g/mol. The first kappa shape index (κ1) is 10.4. The number of H-pyrrole nitrogens is 1. The molecule has 1 aromatic carbocycles. The van der Waals surface area contributed by atoms with Crippen molar-refractivity contribution >= 4 is 27.4 Å². The molecule has 4 heteroatoms. The van der Waals surface area contributed by atoms with Gasteiger partial charge in [0.15, 0.2) is 5.13 Å². The lowest BCUT2D eigenvalue weighted by molar-refractivity contribution is 1.28. The number of thiazole rings is 1. The molecule has 3 N–H and O–H groups in total. The van der Waals surface area contributed by atoms with Crippen LogP contribution in [0.4, 0.5) is 5.13 Å². The van der Waals surface area contributed by atoms with Crippen LogP contribution >= 0.6 is 11.3 Å². The SMILES string of the molecule is Cc1ccc2c(-c3csc(N)n3)c(C)[nH]c2c1. The van der Waals surface area contributed by atoms with Crippen LogP contribution in [0.1, 0.15) is 11.3 Å². The standard InChI is InChI=1S/C13H13N3S/c1-7-3-4-9-10(5-7)15-8(2)12(9)11-6-17-13(14)16-11/h3-6,15H,1-2H3,(H2,14,16). The highest BCUT2D eigenvalue weighted by Crippen LogP contribution is 2.33. The molecule has 17 heavy (non-hydrogen) atoms. The number of nitrogens with one attached hydrogen (secondary N) is 1. The van der Waals surface area contributed by atoms with Crippen LogP contribution in [0.15, 0.2) is 23.6 Å². The number of nitrogens with two attached hydrogens (primary N) is 1. The lowest BCUT2D eigenvalue weighted by Crippen LogP contribution is -1.83. The molecule has 86 valence electrons. The molecule has 0 aliphatic rings. The summed E-state index contributed by atoms with van der Waals surface area (Å²) in [5.41, 5.74) is 11.4. The van der Waals surface area contributed by atoms with Crippen molar-refractivity contribution < 1.29 is 0 Å². The molecule has 0 saturated carbocycles. The van der Waals surface area contributed by atoms with Gasteiger partial charge in [0.1, 0.15) is 0 Å². The normalized spacial score (nSPS) is 11.2. The lowest BCUT2D eigenvalue weighted by Gasteiger charge is -1.97. The van der Waals surface area contributed by atoms with Gasteiger partial charge in [-0.05, 0) is 25.5 Å². The van der Waals surface area contributed by atoms with Crippen molar-refractivity contribution in [1.82, 2.24) is 9.97 Å². The fourth-order valence-corrected chi connectivity index (χ4v) is 2.73. The number of benzene rings is 1. The molecule has 0 amide bonds. The van der Waals surface area contributed by atoms with Crippen LogP contribution in [0.3, 0.4) is 0 Å². The number of nitrogen functional groups attached to an aromatic ring is 1. The van der Waals surface area contributed by atoms with Crippen LogP contribution in [0, 0.1) is 13.8 Å². The third kappa shape index (κ3) is 1.61. The third-order valence-electron chi connectivity index (χ3n) is 2.92. The van der Waals surface area contributed by atoms with E-state index < -0.39 is 0 Å². The first-order chi connectivity index (χ1) is 8.15. The van der Waals surface area contributed by atoms with Gasteiger partial charge in [0.25, 0.3) is 0 Å². The molecule has 0 spiro atoms. The van der Waals surface area contributed by atoms with E-state index >= 15 is 0 Å². The fraction of sp³-hybridized carbons (Fsp3) is 0.154. The van der Waals surface area contributed by atoms with Crippen molar-refractivity contribution in [3.63, 3.8) is 0 Å². The Morgan fingerprint density at radius 3 is 2.82 bits per heavy atom. The number of hydrogen-bond acceptors (Lipinski definition) is 3. The smallest absolute Gasteiger partial charge is 0.180 e. The number of nitrogens with zero attached hydrogens (tertiary/aromatic N) is 1.